The van der Waals surface area contributed by atoms with Crippen molar-refractivity contribution >= 4 is 17.3 Å². The van der Waals surface area contributed by atoms with Crippen molar-refractivity contribution in [3.05, 3.63) is 41.4 Å². The monoisotopic (exact) mass is 234 g/mol. The van der Waals surface area contributed by atoms with Crippen molar-refractivity contribution in [2.75, 3.05) is 18.0 Å². The van der Waals surface area contributed by atoms with Crippen molar-refractivity contribution in [2.24, 2.45) is 0 Å². The average molecular weight is 235 g/mol. The molecule has 0 aliphatic rings. The molecular weight excluding hydrogens is 220 g/mol. The first-order valence-corrected chi connectivity index (χ1v) is 5.66. The Labute approximate surface area is 102 Å². The van der Waals surface area contributed by atoms with Gasteiger partial charge in [-0.25, -0.2) is 0 Å². The van der Waals surface area contributed by atoms with Crippen molar-refractivity contribution in [3.8, 4) is 6.07 Å². The Balaban J connectivity index is 3.10. The summed E-state index contributed by atoms with van der Waals surface area (Å²) in [7, 11) is 0. The molecule has 2 nitrogen and oxygen atoms in total. The maximum absolute atomic E-state index is 9.05. The smallest absolute Gasteiger partial charge is 0.101 e. The molecule has 0 N–H and O–H groups in total. The zero-order chi connectivity index (χ0) is 12.0. The number of hydrogen-bond acceptors (Lipinski definition) is 2. The van der Waals surface area contributed by atoms with Gasteiger partial charge in [0.05, 0.1) is 11.3 Å². The van der Waals surface area contributed by atoms with Gasteiger partial charge >= 0.3 is 0 Å². The molecule has 0 heterocycles. The summed E-state index contributed by atoms with van der Waals surface area (Å²) in [6.45, 7) is 7.45. The lowest BCUT2D eigenvalue weighted by Gasteiger charge is -2.23. The predicted molar refractivity (Wildman–Crippen MR) is 68.9 cm³/mol. The van der Waals surface area contributed by atoms with Crippen LogP contribution in [0.3, 0.4) is 0 Å². The first kappa shape index (κ1) is 12.6. The van der Waals surface area contributed by atoms with E-state index < -0.39 is 0 Å². The number of nitrogens with zero attached hydrogens (tertiary/aromatic N) is 2. The molecule has 0 aliphatic carbocycles. The Bertz CT molecular complexity index is 407. The van der Waals surface area contributed by atoms with Crippen molar-refractivity contribution in [2.45, 2.75) is 13.3 Å². The van der Waals surface area contributed by atoms with E-state index in [2.05, 4.69) is 24.5 Å². The van der Waals surface area contributed by atoms with E-state index in [4.69, 9.17) is 16.9 Å². The fourth-order valence-electron chi connectivity index (χ4n) is 1.60. The first-order chi connectivity index (χ1) is 7.72. The van der Waals surface area contributed by atoms with E-state index in [-0.39, 0.29) is 0 Å². The average Bonchev–Trinajstić information content (AvgIpc) is 2.29. The van der Waals surface area contributed by atoms with Crippen LogP contribution in [0, 0.1) is 11.3 Å². The Kier molecular flexibility index (Phi) is 4.88. The molecule has 0 saturated heterocycles. The Hall–Kier alpha value is -1.46. The number of hydrogen-bond donors (Lipinski definition) is 0. The highest BCUT2D eigenvalue weighted by molar-refractivity contribution is 6.30. The van der Waals surface area contributed by atoms with E-state index in [1.807, 2.05) is 12.1 Å². The van der Waals surface area contributed by atoms with Gasteiger partial charge in [-0.2, -0.15) is 5.26 Å². The highest BCUT2D eigenvalue weighted by atomic mass is 35.5. The number of halogens is 1. The largest absolute Gasteiger partial charge is 0.367 e. The van der Waals surface area contributed by atoms with Crippen LogP contribution in [-0.2, 0) is 0 Å². The summed E-state index contributed by atoms with van der Waals surface area (Å²) in [6.07, 6.45) is 2.85. The van der Waals surface area contributed by atoms with Gasteiger partial charge in [0.1, 0.15) is 6.07 Å². The van der Waals surface area contributed by atoms with Crippen LogP contribution in [0.2, 0.25) is 5.02 Å². The highest BCUT2D eigenvalue weighted by Crippen LogP contribution is 2.24. The lowest BCUT2D eigenvalue weighted by molar-refractivity contribution is 0.815. The molecule has 0 fully saturated rings. The molecule has 0 amide bonds. The minimum Gasteiger partial charge on any atom is -0.367 e. The normalized spacial score (nSPS) is 9.56. The molecular formula is C13H15ClN2. The van der Waals surface area contributed by atoms with Crippen LogP contribution in [0.15, 0.2) is 30.9 Å². The van der Waals surface area contributed by atoms with Crippen LogP contribution in [0.25, 0.3) is 0 Å². The van der Waals surface area contributed by atoms with E-state index in [1.54, 1.807) is 12.1 Å². The number of rotatable bonds is 5. The molecule has 0 unspecified atom stereocenters. The molecule has 3 heteroatoms. The zero-order valence-corrected chi connectivity index (χ0v) is 10.2. The second kappa shape index (κ2) is 6.19. The molecule has 1 rings (SSSR count). The molecule has 0 spiro atoms. The summed E-state index contributed by atoms with van der Waals surface area (Å²) >= 11 is 5.96. The highest BCUT2D eigenvalue weighted by Gasteiger charge is 2.09. The quantitative estimate of drug-likeness (QED) is 0.728. The summed E-state index contributed by atoms with van der Waals surface area (Å²) in [4.78, 5) is 2.11. The van der Waals surface area contributed by atoms with Crippen molar-refractivity contribution < 1.29 is 0 Å². The molecule has 16 heavy (non-hydrogen) atoms. The maximum atomic E-state index is 9.05. The van der Waals surface area contributed by atoms with Gasteiger partial charge in [-0.1, -0.05) is 24.6 Å². The molecule has 0 radical (unpaired) electrons. The van der Waals surface area contributed by atoms with Crippen LogP contribution in [0.1, 0.15) is 18.9 Å². The van der Waals surface area contributed by atoms with E-state index in [9.17, 15) is 0 Å². The Morgan fingerprint density at radius 2 is 2.31 bits per heavy atom. The number of benzene rings is 1. The Morgan fingerprint density at radius 1 is 1.56 bits per heavy atom. The molecule has 0 bridgehead atoms. The first-order valence-electron chi connectivity index (χ1n) is 5.28. The third-order valence-corrected chi connectivity index (χ3v) is 2.50. The van der Waals surface area contributed by atoms with Crippen molar-refractivity contribution in [1.29, 1.82) is 5.26 Å². The maximum Gasteiger partial charge on any atom is 0.101 e. The second-order valence-electron chi connectivity index (χ2n) is 3.51. The summed E-state index contributed by atoms with van der Waals surface area (Å²) in [5.41, 5.74) is 1.54. The summed E-state index contributed by atoms with van der Waals surface area (Å²) < 4.78 is 0. The van der Waals surface area contributed by atoms with Crippen LogP contribution in [0.4, 0.5) is 5.69 Å². The lowest BCUT2D eigenvalue weighted by atomic mass is 10.1. The third-order valence-electron chi connectivity index (χ3n) is 2.26. The fraction of sp³-hybridized carbons (Fsp3) is 0.308. The van der Waals surface area contributed by atoms with Crippen LogP contribution >= 0.6 is 11.6 Å². The van der Waals surface area contributed by atoms with Crippen LogP contribution in [-0.4, -0.2) is 13.1 Å². The molecule has 0 aromatic heterocycles. The van der Waals surface area contributed by atoms with Gasteiger partial charge in [-0.3, -0.25) is 0 Å². The molecule has 0 saturated carbocycles. The van der Waals surface area contributed by atoms with Crippen molar-refractivity contribution in [1.82, 2.24) is 0 Å². The fourth-order valence-corrected chi connectivity index (χ4v) is 1.76. The van der Waals surface area contributed by atoms with E-state index in [0.29, 0.717) is 10.6 Å². The summed E-state index contributed by atoms with van der Waals surface area (Å²) in [6, 6.07) is 7.51. The number of anilines is 1. The summed E-state index contributed by atoms with van der Waals surface area (Å²) in [5.74, 6) is 0. The molecule has 1 aromatic rings. The SMILES string of the molecule is C=CCN(CCC)c1cc(Cl)ccc1C#N. The zero-order valence-electron chi connectivity index (χ0n) is 9.41. The van der Waals surface area contributed by atoms with Gasteiger partial charge in [-0.05, 0) is 24.6 Å². The minimum absolute atomic E-state index is 0.652. The van der Waals surface area contributed by atoms with Gasteiger partial charge in [0.15, 0.2) is 0 Å². The van der Waals surface area contributed by atoms with E-state index >= 15 is 0 Å². The van der Waals surface area contributed by atoms with Gasteiger partial charge in [0.2, 0.25) is 0 Å². The molecule has 84 valence electrons. The second-order valence-corrected chi connectivity index (χ2v) is 3.94. The minimum atomic E-state index is 0.652. The van der Waals surface area contributed by atoms with E-state index in [0.717, 1.165) is 25.2 Å². The predicted octanol–water partition coefficient (Wildman–Crippen LogP) is 3.61. The van der Waals surface area contributed by atoms with Gasteiger partial charge < -0.3 is 4.90 Å². The van der Waals surface area contributed by atoms with Gasteiger partial charge in [0.25, 0.3) is 0 Å². The topological polar surface area (TPSA) is 27.0 Å². The third kappa shape index (κ3) is 3.01. The van der Waals surface area contributed by atoms with E-state index in [1.165, 1.54) is 0 Å². The molecule has 0 aliphatic heterocycles. The standard InChI is InChI=1S/C13H15ClN2/c1-3-7-16(8-4-2)13-9-12(14)6-5-11(13)10-15/h3,5-6,9H,1,4,7-8H2,2H3. The van der Waals surface area contributed by atoms with Gasteiger partial charge in [0, 0.05) is 18.1 Å². The number of nitriles is 1. The lowest BCUT2D eigenvalue weighted by Crippen LogP contribution is -2.24. The molecule has 1 aromatic carbocycles. The van der Waals surface area contributed by atoms with Crippen molar-refractivity contribution in [3.63, 3.8) is 0 Å². The molecule has 0 atom stereocenters. The van der Waals surface area contributed by atoms with Gasteiger partial charge in [-0.15, -0.1) is 6.58 Å². The Morgan fingerprint density at radius 3 is 2.88 bits per heavy atom. The van der Waals surface area contributed by atoms with Crippen LogP contribution < -0.4 is 4.90 Å². The summed E-state index contributed by atoms with van der Waals surface area (Å²) in [5, 5.41) is 9.70. The van der Waals surface area contributed by atoms with Crippen LogP contribution in [0.5, 0.6) is 0 Å².